The van der Waals surface area contributed by atoms with E-state index in [2.05, 4.69) is 44.8 Å². The van der Waals surface area contributed by atoms with E-state index in [-0.39, 0.29) is 5.41 Å². The van der Waals surface area contributed by atoms with Crippen LogP contribution in [0, 0.1) is 11.3 Å². The predicted molar refractivity (Wildman–Crippen MR) is 70.5 cm³/mol. The minimum atomic E-state index is 0.260. The molecule has 3 heteroatoms. The smallest absolute Gasteiger partial charge is 0.0136 e. The van der Waals surface area contributed by atoms with Crippen molar-refractivity contribution in [3.8, 4) is 0 Å². The van der Waals surface area contributed by atoms with Gasteiger partial charge in [0.1, 0.15) is 0 Å². The molecular weight excluding hydrogens is 198 g/mol. The summed E-state index contributed by atoms with van der Waals surface area (Å²) < 4.78 is 0. The Balaban J connectivity index is 2.61. The quantitative estimate of drug-likeness (QED) is 0.767. The molecule has 2 atom stereocenters. The van der Waals surface area contributed by atoms with Crippen LogP contribution in [0.3, 0.4) is 0 Å². The van der Waals surface area contributed by atoms with Gasteiger partial charge in [0.05, 0.1) is 0 Å². The highest BCUT2D eigenvalue weighted by Crippen LogP contribution is 2.30. The third-order valence-electron chi connectivity index (χ3n) is 3.95. The zero-order valence-electron chi connectivity index (χ0n) is 11.7. The Morgan fingerprint density at radius 3 is 2.44 bits per heavy atom. The van der Waals surface area contributed by atoms with Gasteiger partial charge in [-0.05, 0) is 58.4 Å². The molecule has 1 aliphatic heterocycles. The maximum Gasteiger partial charge on any atom is 0.0136 e. The van der Waals surface area contributed by atoms with E-state index in [4.69, 9.17) is 5.73 Å². The van der Waals surface area contributed by atoms with Crippen molar-refractivity contribution >= 4 is 0 Å². The number of likely N-dealkylation sites (tertiary alicyclic amines) is 1. The molecule has 0 aliphatic carbocycles. The SMILES string of the molecule is CN1CCC(C(CC(C)(C)CN)N(C)C)C1. The second-order valence-corrected chi connectivity index (χ2v) is 6.41. The first-order valence-corrected chi connectivity index (χ1v) is 6.41. The highest BCUT2D eigenvalue weighted by molar-refractivity contribution is 4.88. The molecule has 0 aromatic carbocycles. The normalized spacial score (nSPS) is 25.3. The van der Waals surface area contributed by atoms with E-state index >= 15 is 0 Å². The van der Waals surface area contributed by atoms with Crippen LogP contribution in [0.2, 0.25) is 0 Å². The molecule has 1 heterocycles. The van der Waals surface area contributed by atoms with Gasteiger partial charge in [-0.3, -0.25) is 0 Å². The van der Waals surface area contributed by atoms with Gasteiger partial charge in [-0.15, -0.1) is 0 Å². The molecule has 16 heavy (non-hydrogen) atoms. The van der Waals surface area contributed by atoms with Crippen molar-refractivity contribution < 1.29 is 0 Å². The molecule has 1 saturated heterocycles. The van der Waals surface area contributed by atoms with Gasteiger partial charge in [0, 0.05) is 12.6 Å². The first-order valence-electron chi connectivity index (χ1n) is 6.41. The molecule has 0 spiro atoms. The summed E-state index contributed by atoms with van der Waals surface area (Å²) in [7, 11) is 6.63. The standard InChI is InChI=1S/C13H29N3/c1-13(2,10-14)8-12(15(3)4)11-6-7-16(5)9-11/h11-12H,6-10,14H2,1-5H3. The van der Waals surface area contributed by atoms with E-state index in [0.29, 0.717) is 6.04 Å². The average Bonchev–Trinajstić information content (AvgIpc) is 2.61. The van der Waals surface area contributed by atoms with Gasteiger partial charge in [0.2, 0.25) is 0 Å². The summed E-state index contributed by atoms with van der Waals surface area (Å²) in [5.41, 5.74) is 6.11. The highest BCUT2D eigenvalue weighted by Gasteiger charge is 2.32. The van der Waals surface area contributed by atoms with Gasteiger partial charge in [-0.2, -0.15) is 0 Å². The van der Waals surface area contributed by atoms with Crippen LogP contribution < -0.4 is 5.73 Å². The Morgan fingerprint density at radius 2 is 2.06 bits per heavy atom. The lowest BCUT2D eigenvalue weighted by Gasteiger charge is -2.36. The lowest BCUT2D eigenvalue weighted by molar-refractivity contribution is 0.146. The molecule has 96 valence electrons. The molecular formula is C13H29N3. The fourth-order valence-corrected chi connectivity index (χ4v) is 2.70. The molecule has 0 aromatic heterocycles. The second kappa shape index (κ2) is 5.48. The summed E-state index contributed by atoms with van der Waals surface area (Å²) in [5, 5.41) is 0. The highest BCUT2D eigenvalue weighted by atomic mass is 15.2. The molecule has 0 aromatic rings. The summed E-state index contributed by atoms with van der Waals surface area (Å²) in [6.07, 6.45) is 2.54. The zero-order valence-corrected chi connectivity index (χ0v) is 11.7. The van der Waals surface area contributed by atoms with E-state index in [1.807, 2.05) is 0 Å². The van der Waals surface area contributed by atoms with Crippen molar-refractivity contribution in [2.75, 3.05) is 40.8 Å². The lowest BCUT2D eigenvalue weighted by Crippen LogP contribution is -2.41. The molecule has 2 N–H and O–H groups in total. The van der Waals surface area contributed by atoms with Crippen molar-refractivity contribution in [3.05, 3.63) is 0 Å². The summed E-state index contributed by atoms with van der Waals surface area (Å²) in [5.74, 6) is 0.811. The van der Waals surface area contributed by atoms with Crippen LogP contribution in [0.15, 0.2) is 0 Å². The van der Waals surface area contributed by atoms with Crippen molar-refractivity contribution in [2.24, 2.45) is 17.1 Å². The van der Waals surface area contributed by atoms with E-state index in [1.165, 1.54) is 25.9 Å². The van der Waals surface area contributed by atoms with Gasteiger partial charge in [0.25, 0.3) is 0 Å². The minimum absolute atomic E-state index is 0.260. The van der Waals surface area contributed by atoms with Crippen LogP contribution in [0.4, 0.5) is 0 Å². The number of hydrogen-bond acceptors (Lipinski definition) is 3. The second-order valence-electron chi connectivity index (χ2n) is 6.41. The Morgan fingerprint density at radius 1 is 1.44 bits per heavy atom. The Hall–Kier alpha value is -0.120. The molecule has 1 rings (SSSR count). The van der Waals surface area contributed by atoms with Crippen molar-refractivity contribution in [3.63, 3.8) is 0 Å². The molecule has 2 unspecified atom stereocenters. The van der Waals surface area contributed by atoms with Gasteiger partial charge in [0.15, 0.2) is 0 Å². The van der Waals surface area contributed by atoms with Crippen LogP contribution in [0.5, 0.6) is 0 Å². The van der Waals surface area contributed by atoms with Gasteiger partial charge >= 0.3 is 0 Å². The monoisotopic (exact) mass is 227 g/mol. The minimum Gasteiger partial charge on any atom is -0.330 e. The number of hydrogen-bond donors (Lipinski definition) is 1. The first kappa shape index (κ1) is 13.9. The number of nitrogens with two attached hydrogens (primary N) is 1. The van der Waals surface area contributed by atoms with Crippen LogP contribution in [0.1, 0.15) is 26.7 Å². The number of nitrogens with zero attached hydrogens (tertiary/aromatic N) is 2. The third kappa shape index (κ3) is 3.72. The fraction of sp³-hybridized carbons (Fsp3) is 1.00. The fourth-order valence-electron chi connectivity index (χ4n) is 2.70. The molecule has 0 radical (unpaired) electrons. The van der Waals surface area contributed by atoms with Crippen molar-refractivity contribution in [1.82, 2.24) is 9.80 Å². The Kier molecular flexibility index (Phi) is 4.77. The topological polar surface area (TPSA) is 32.5 Å². The van der Waals surface area contributed by atoms with Gasteiger partial charge in [-0.25, -0.2) is 0 Å². The van der Waals surface area contributed by atoms with Gasteiger partial charge in [-0.1, -0.05) is 13.8 Å². The lowest BCUT2D eigenvalue weighted by atomic mass is 9.80. The summed E-state index contributed by atoms with van der Waals surface area (Å²) in [6.45, 7) is 7.83. The summed E-state index contributed by atoms with van der Waals surface area (Å²) >= 11 is 0. The van der Waals surface area contributed by atoms with E-state index in [1.54, 1.807) is 0 Å². The predicted octanol–water partition coefficient (Wildman–Crippen LogP) is 1.24. The van der Waals surface area contributed by atoms with Crippen LogP contribution in [-0.2, 0) is 0 Å². The molecule has 0 bridgehead atoms. The van der Waals surface area contributed by atoms with Crippen molar-refractivity contribution in [2.45, 2.75) is 32.7 Å². The molecule has 0 saturated carbocycles. The largest absolute Gasteiger partial charge is 0.330 e. The van der Waals surface area contributed by atoms with E-state index in [0.717, 1.165) is 12.5 Å². The Bertz CT molecular complexity index is 213. The average molecular weight is 227 g/mol. The Labute approximate surface area is 101 Å². The molecule has 0 amide bonds. The molecule has 1 fully saturated rings. The number of rotatable bonds is 5. The van der Waals surface area contributed by atoms with E-state index < -0.39 is 0 Å². The van der Waals surface area contributed by atoms with Gasteiger partial charge < -0.3 is 15.5 Å². The first-order chi connectivity index (χ1) is 7.35. The third-order valence-corrected chi connectivity index (χ3v) is 3.95. The van der Waals surface area contributed by atoms with Crippen LogP contribution >= 0.6 is 0 Å². The maximum absolute atomic E-state index is 5.85. The van der Waals surface area contributed by atoms with E-state index in [9.17, 15) is 0 Å². The van der Waals surface area contributed by atoms with Crippen molar-refractivity contribution in [1.29, 1.82) is 0 Å². The maximum atomic E-state index is 5.85. The molecule has 3 nitrogen and oxygen atoms in total. The molecule has 1 aliphatic rings. The van der Waals surface area contributed by atoms with Crippen LogP contribution in [-0.4, -0.2) is 56.6 Å². The summed E-state index contributed by atoms with van der Waals surface area (Å²) in [4.78, 5) is 4.83. The zero-order chi connectivity index (χ0) is 12.3. The van der Waals surface area contributed by atoms with Crippen LogP contribution in [0.25, 0.3) is 0 Å². The summed E-state index contributed by atoms with van der Waals surface area (Å²) in [6, 6.07) is 0.670.